The zero-order chi connectivity index (χ0) is 16.2. The van der Waals surface area contributed by atoms with E-state index in [0.29, 0.717) is 5.56 Å². The van der Waals surface area contributed by atoms with E-state index in [1.54, 1.807) is 24.3 Å². The second kappa shape index (κ2) is 6.62. The average molecular weight is 309 g/mol. The minimum atomic E-state index is -4.42. The van der Waals surface area contributed by atoms with E-state index in [-0.39, 0.29) is 18.7 Å². The molecule has 2 N–H and O–H groups in total. The normalized spacial score (nSPS) is 11.3. The van der Waals surface area contributed by atoms with Crippen LogP contribution in [0, 0.1) is 0 Å². The van der Waals surface area contributed by atoms with Crippen LogP contribution in [0.15, 0.2) is 48.5 Å². The Labute approximate surface area is 125 Å². The highest BCUT2D eigenvalue weighted by Crippen LogP contribution is 2.29. The fraction of sp³-hybridized carbons (Fsp3) is 0.188. The number of carbonyl (C=O) groups is 1. The SMILES string of the molecule is O=C(NCc1ccccc1CO)c1ccc(C(F)(F)F)cc1. The first-order valence-corrected chi connectivity index (χ1v) is 6.55. The number of benzene rings is 2. The van der Waals surface area contributed by atoms with Gasteiger partial charge in [-0.2, -0.15) is 13.2 Å². The lowest BCUT2D eigenvalue weighted by Crippen LogP contribution is -2.23. The standard InChI is InChI=1S/C16H14F3NO2/c17-16(18,19)14-7-5-11(6-8-14)15(22)20-9-12-3-1-2-4-13(12)10-21/h1-8,21H,9-10H2,(H,20,22). The molecule has 2 aromatic carbocycles. The molecule has 0 saturated carbocycles. The third-order valence-electron chi connectivity index (χ3n) is 3.20. The molecule has 0 bridgehead atoms. The predicted molar refractivity (Wildman–Crippen MR) is 75.0 cm³/mol. The minimum absolute atomic E-state index is 0.147. The first-order valence-electron chi connectivity index (χ1n) is 6.55. The number of hydrogen-bond acceptors (Lipinski definition) is 2. The topological polar surface area (TPSA) is 49.3 Å². The Balaban J connectivity index is 2.03. The van der Waals surface area contributed by atoms with Crippen molar-refractivity contribution in [2.24, 2.45) is 0 Å². The molecule has 1 amide bonds. The Hall–Kier alpha value is -2.34. The molecule has 0 unspecified atom stereocenters. The van der Waals surface area contributed by atoms with E-state index in [1.165, 1.54) is 0 Å². The highest BCUT2D eigenvalue weighted by molar-refractivity contribution is 5.94. The fourth-order valence-electron chi connectivity index (χ4n) is 1.97. The fourth-order valence-corrected chi connectivity index (χ4v) is 1.97. The molecule has 3 nitrogen and oxygen atoms in total. The number of aliphatic hydroxyl groups excluding tert-OH is 1. The number of halogens is 3. The van der Waals surface area contributed by atoms with Crippen molar-refractivity contribution in [1.82, 2.24) is 5.32 Å². The smallest absolute Gasteiger partial charge is 0.392 e. The summed E-state index contributed by atoms with van der Waals surface area (Å²) in [6.07, 6.45) is -4.42. The van der Waals surface area contributed by atoms with Gasteiger partial charge in [-0.25, -0.2) is 0 Å². The van der Waals surface area contributed by atoms with E-state index in [9.17, 15) is 23.1 Å². The maximum Gasteiger partial charge on any atom is 0.416 e. The van der Waals surface area contributed by atoms with E-state index < -0.39 is 17.6 Å². The first kappa shape index (κ1) is 16.0. The van der Waals surface area contributed by atoms with Crippen molar-refractivity contribution in [2.75, 3.05) is 0 Å². The molecule has 0 aliphatic heterocycles. The zero-order valence-electron chi connectivity index (χ0n) is 11.5. The van der Waals surface area contributed by atoms with Crippen LogP contribution in [0.1, 0.15) is 27.0 Å². The summed E-state index contributed by atoms with van der Waals surface area (Å²) >= 11 is 0. The Bertz CT molecular complexity index is 651. The second-order valence-electron chi connectivity index (χ2n) is 4.68. The van der Waals surface area contributed by atoms with Crippen LogP contribution in [-0.2, 0) is 19.3 Å². The molecule has 6 heteroatoms. The molecule has 0 spiro atoms. The third-order valence-corrected chi connectivity index (χ3v) is 3.20. The lowest BCUT2D eigenvalue weighted by Gasteiger charge is -2.10. The number of amides is 1. The van der Waals surface area contributed by atoms with Crippen LogP contribution in [0.5, 0.6) is 0 Å². The zero-order valence-corrected chi connectivity index (χ0v) is 11.5. The monoisotopic (exact) mass is 309 g/mol. The van der Waals surface area contributed by atoms with Crippen LogP contribution < -0.4 is 5.32 Å². The van der Waals surface area contributed by atoms with Crippen molar-refractivity contribution in [3.8, 4) is 0 Å². The summed E-state index contributed by atoms with van der Waals surface area (Å²) < 4.78 is 37.3. The Morgan fingerprint density at radius 1 is 1.00 bits per heavy atom. The summed E-state index contributed by atoms with van der Waals surface area (Å²) in [6.45, 7) is 0.0446. The van der Waals surface area contributed by atoms with Gasteiger partial charge in [0.1, 0.15) is 0 Å². The summed E-state index contributed by atoms with van der Waals surface area (Å²) in [5.41, 5.74) is 0.796. The Kier molecular flexibility index (Phi) is 4.82. The molecule has 0 saturated heterocycles. The van der Waals surface area contributed by atoms with Crippen LogP contribution in [0.2, 0.25) is 0 Å². The molecule has 0 radical (unpaired) electrons. The minimum Gasteiger partial charge on any atom is -0.392 e. The summed E-state index contributed by atoms with van der Waals surface area (Å²) in [5.74, 6) is -0.471. The van der Waals surface area contributed by atoms with Crippen molar-refractivity contribution < 1.29 is 23.1 Å². The third kappa shape index (κ3) is 3.85. The number of nitrogens with one attached hydrogen (secondary N) is 1. The molecule has 0 aliphatic carbocycles. The van der Waals surface area contributed by atoms with Gasteiger partial charge in [0.25, 0.3) is 5.91 Å². The Morgan fingerprint density at radius 2 is 1.59 bits per heavy atom. The highest BCUT2D eigenvalue weighted by atomic mass is 19.4. The van der Waals surface area contributed by atoms with Gasteiger partial charge < -0.3 is 10.4 Å². The molecular formula is C16H14F3NO2. The van der Waals surface area contributed by atoms with Crippen LogP contribution in [0.25, 0.3) is 0 Å². The van der Waals surface area contributed by atoms with Crippen molar-refractivity contribution >= 4 is 5.91 Å². The van der Waals surface area contributed by atoms with E-state index in [2.05, 4.69) is 5.32 Å². The molecule has 2 rings (SSSR count). The van der Waals surface area contributed by atoms with Gasteiger partial charge in [0.05, 0.1) is 12.2 Å². The molecular weight excluding hydrogens is 295 g/mol. The van der Waals surface area contributed by atoms with Crippen molar-refractivity contribution in [3.05, 3.63) is 70.8 Å². The van der Waals surface area contributed by atoms with Crippen LogP contribution in [0.3, 0.4) is 0 Å². The maximum absolute atomic E-state index is 12.4. The second-order valence-corrected chi connectivity index (χ2v) is 4.68. The van der Waals surface area contributed by atoms with E-state index >= 15 is 0 Å². The van der Waals surface area contributed by atoms with Gasteiger partial charge in [-0.15, -0.1) is 0 Å². The molecule has 116 valence electrons. The van der Waals surface area contributed by atoms with Gasteiger partial charge in [0.2, 0.25) is 0 Å². The van der Waals surface area contributed by atoms with Crippen molar-refractivity contribution in [1.29, 1.82) is 0 Å². The molecule has 0 fully saturated rings. The molecule has 2 aromatic rings. The van der Waals surface area contributed by atoms with Gasteiger partial charge in [-0.1, -0.05) is 24.3 Å². The van der Waals surface area contributed by atoms with Gasteiger partial charge in [0, 0.05) is 12.1 Å². The van der Waals surface area contributed by atoms with Gasteiger partial charge in [-0.05, 0) is 35.4 Å². The largest absolute Gasteiger partial charge is 0.416 e. The average Bonchev–Trinajstić information content (AvgIpc) is 2.52. The molecule has 0 aliphatic rings. The lowest BCUT2D eigenvalue weighted by molar-refractivity contribution is -0.137. The number of aliphatic hydroxyl groups is 1. The number of carbonyl (C=O) groups excluding carboxylic acids is 1. The van der Waals surface area contributed by atoms with Crippen LogP contribution in [-0.4, -0.2) is 11.0 Å². The van der Waals surface area contributed by atoms with Crippen molar-refractivity contribution in [2.45, 2.75) is 19.3 Å². The van der Waals surface area contributed by atoms with Gasteiger partial charge in [0.15, 0.2) is 0 Å². The van der Waals surface area contributed by atoms with Gasteiger partial charge in [-0.3, -0.25) is 4.79 Å². The predicted octanol–water partition coefficient (Wildman–Crippen LogP) is 3.13. The van der Waals surface area contributed by atoms with Crippen LogP contribution >= 0.6 is 0 Å². The summed E-state index contributed by atoms with van der Waals surface area (Å²) in [5, 5.41) is 11.8. The number of alkyl halides is 3. The molecule has 22 heavy (non-hydrogen) atoms. The van der Waals surface area contributed by atoms with Crippen molar-refractivity contribution in [3.63, 3.8) is 0 Å². The van der Waals surface area contributed by atoms with E-state index in [0.717, 1.165) is 29.8 Å². The van der Waals surface area contributed by atoms with E-state index in [1.807, 2.05) is 0 Å². The molecule has 0 aromatic heterocycles. The lowest BCUT2D eigenvalue weighted by atomic mass is 10.1. The highest BCUT2D eigenvalue weighted by Gasteiger charge is 2.30. The van der Waals surface area contributed by atoms with Crippen LogP contribution in [0.4, 0.5) is 13.2 Å². The first-order chi connectivity index (χ1) is 10.4. The number of rotatable bonds is 4. The molecule has 0 atom stereocenters. The molecule has 0 heterocycles. The van der Waals surface area contributed by atoms with Gasteiger partial charge >= 0.3 is 6.18 Å². The Morgan fingerprint density at radius 3 is 2.14 bits per heavy atom. The summed E-state index contributed by atoms with van der Waals surface area (Å²) in [4.78, 5) is 11.9. The van der Waals surface area contributed by atoms with E-state index in [4.69, 9.17) is 0 Å². The summed E-state index contributed by atoms with van der Waals surface area (Å²) in [7, 11) is 0. The number of hydrogen-bond donors (Lipinski definition) is 2. The quantitative estimate of drug-likeness (QED) is 0.911. The summed E-state index contributed by atoms with van der Waals surface area (Å²) in [6, 6.07) is 11.1. The maximum atomic E-state index is 12.4.